The fourth-order valence-corrected chi connectivity index (χ4v) is 2.50. The van der Waals surface area contributed by atoms with E-state index in [1.165, 1.54) is 0 Å². The Balaban J connectivity index is 1.86. The van der Waals surface area contributed by atoms with Crippen molar-refractivity contribution in [2.75, 3.05) is 25.0 Å². The van der Waals surface area contributed by atoms with Crippen LogP contribution in [0.2, 0.25) is 0 Å². The molecule has 1 atom stereocenters. The Hall–Kier alpha value is -1.95. The summed E-state index contributed by atoms with van der Waals surface area (Å²) in [5.41, 5.74) is 1.05. The van der Waals surface area contributed by atoms with Crippen LogP contribution in [0.4, 0.5) is 5.82 Å². The Labute approximate surface area is 124 Å². The van der Waals surface area contributed by atoms with Crippen LogP contribution in [0.5, 0.6) is 0 Å². The van der Waals surface area contributed by atoms with Gasteiger partial charge in [0, 0.05) is 19.3 Å². The van der Waals surface area contributed by atoms with Gasteiger partial charge in [-0.05, 0) is 37.9 Å². The molecule has 21 heavy (non-hydrogen) atoms. The molecule has 0 aromatic carbocycles. The Morgan fingerprint density at radius 3 is 2.95 bits per heavy atom. The van der Waals surface area contributed by atoms with Gasteiger partial charge in [0.25, 0.3) is 0 Å². The number of amides is 1. The number of aliphatic carboxylic acids is 1. The van der Waals surface area contributed by atoms with Crippen LogP contribution in [-0.4, -0.2) is 46.5 Å². The molecule has 1 aliphatic rings. The third kappa shape index (κ3) is 4.82. The van der Waals surface area contributed by atoms with Crippen molar-refractivity contribution in [1.82, 2.24) is 9.88 Å². The average Bonchev–Trinajstić information content (AvgIpc) is 2.48. The van der Waals surface area contributed by atoms with Crippen molar-refractivity contribution >= 4 is 17.7 Å². The highest BCUT2D eigenvalue weighted by molar-refractivity contribution is 5.91. The Morgan fingerprint density at radius 1 is 1.48 bits per heavy atom. The second-order valence-corrected chi connectivity index (χ2v) is 5.49. The molecule has 2 heterocycles. The van der Waals surface area contributed by atoms with Crippen LogP contribution < -0.4 is 5.32 Å². The van der Waals surface area contributed by atoms with E-state index in [0.717, 1.165) is 24.9 Å². The number of carbonyl (C=O) groups excluding carboxylic acids is 1. The summed E-state index contributed by atoms with van der Waals surface area (Å²) in [4.78, 5) is 29.1. The van der Waals surface area contributed by atoms with E-state index in [-0.39, 0.29) is 18.2 Å². The molecule has 114 valence electrons. The van der Waals surface area contributed by atoms with E-state index in [1.54, 1.807) is 12.3 Å². The lowest BCUT2D eigenvalue weighted by molar-refractivity contribution is -0.137. The van der Waals surface area contributed by atoms with Gasteiger partial charge in [-0.2, -0.15) is 0 Å². The number of rotatable bonds is 5. The fourth-order valence-electron chi connectivity index (χ4n) is 2.50. The number of nitrogens with zero attached hydrogens (tertiary/aromatic N) is 2. The van der Waals surface area contributed by atoms with E-state index in [0.29, 0.717) is 18.9 Å². The normalized spacial score (nSPS) is 19.2. The molecule has 1 saturated heterocycles. The second kappa shape index (κ2) is 7.17. The Kier molecular flexibility index (Phi) is 5.27. The van der Waals surface area contributed by atoms with Crippen molar-refractivity contribution in [3.8, 4) is 0 Å². The minimum absolute atomic E-state index is 0.0358. The van der Waals surface area contributed by atoms with Gasteiger partial charge in [-0.15, -0.1) is 0 Å². The Bertz CT molecular complexity index is 501. The number of carbonyl (C=O) groups is 2. The molecule has 1 fully saturated rings. The number of carboxylic acids is 1. The lowest BCUT2D eigenvalue weighted by Gasteiger charge is -2.31. The number of hydrogen-bond acceptors (Lipinski definition) is 4. The topological polar surface area (TPSA) is 82.5 Å². The van der Waals surface area contributed by atoms with Crippen LogP contribution in [0.1, 0.15) is 24.8 Å². The van der Waals surface area contributed by atoms with Crippen LogP contribution in [0, 0.1) is 12.8 Å². The molecule has 1 aliphatic heterocycles. The van der Waals surface area contributed by atoms with Gasteiger partial charge in [0.05, 0.1) is 12.3 Å². The zero-order valence-electron chi connectivity index (χ0n) is 12.2. The quantitative estimate of drug-likeness (QED) is 0.859. The van der Waals surface area contributed by atoms with Gasteiger partial charge in [-0.3, -0.25) is 9.59 Å². The first-order valence-corrected chi connectivity index (χ1v) is 7.22. The van der Waals surface area contributed by atoms with Crippen LogP contribution in [-0.2, 0) is 9.59 Å². The number of likely N-dealkylation sites (tertiary alicyclic amines) is 1. The maximum atomic E-state index is 12.2. The minimum Gasteiger partial charge on any atom is -0.481 e. The molecular formula is C15H21N3O3. The fraction of sp³-hybridized carbons (Fsp3) is 0.533. The Morgan fingerprint density at radius 2 is 2.29 bits per heavy atom. The molecule has 1 aromatic rings. The van der Waals surface area contributed by atoms with E-state index in [9.17, 15) is 9.59 Å². The minimum atomic E-state index is -0.801. The van der Waals surface area contributed by atoms with Crippen molar-refractivity contribution in [2.24, 2.45) is 5.92 Å². The van der Waals surface area contributed by atoms with Crippen molar-refractivity contribution in [1.29, 1.82) is 0 Å². The molecule has 0 bridgehead atoms. The first-order valence-electron chi connectivity index (χ1n) is 7.22. The summed E-state index contributed by atoms with van der Waals surface area (Å²) in [6, 6.07) is 3.70. The summed E-state index contributed by atoms with van der Waals surface area (Å²) in [6.07, 6.45) is 3.59. The van der Waals surface area contributed by atoms with Crippen molar-refractivity contribution < 1.29 is 14.7 Å². The maximum absolute atomic E-state index is 12.2. The molecule has 0 radical (unpaired) electrons. The molecule has 6 nitrogen and oxygen atoms in total. The van der Waals surface area contributed by atoms with E-state index >= 15 is 0 Å². The van der Waals surface area contributed by atoms with Gasteiger partial charge in [-0.1, -0.05) is 6.07 Å². The van der Waals surface area contributed by atoms with Crippen LogP contribution in [0.3, 0.4) is 0 Å². The first kappa shape index (κ1) is 15.4. The summed E-state index contributed by atoms with van der Waals surface area (Å²) in [6.45, 7) is 3.92. The molecule has 1 unspecified atom stereocenters. The largest absolute Gasteiger partial charge is 0.481 e. The molecule has 1 aromatic heterocycles. The second-order valence-electron chi connectivity index (χ2n) is 5.49. The van der Waals surface area contributed by atoms with Crippen molar-refractivity contribution in [3.05, 3.63) is 23.9 Å². The number of hydrogen-bond donors (Lipinski definition) is 2. The van der Waals surface area contributed by atoms with Crippen LogP contribution >= 0.6 is 0 Å². The standard InChI is InChI=1S/C15H21N3O3/c1-11-4-5-13(16-9-11)17-15(21)12-3-2-7-18(10-12)8-6-14(19)20/h4-5,9,12H,2-3,6-8,10H2,1H3,(H,19,20)(H,16,17,21). The number of carboxylic acid groups (broad SMARTS) is 1. The lowest BCUT2D eigenvalue weighted by atomic mass is 9.97. The number of aryl methyl sites for hydroxylation is 1. The molecule has 2 N–H and O–H groups in total. The molecule has 0 saturated carbocycles. The zero-order chi connectivity index (χ0) is 15.2. The van der Waals surface area contributed by atoms with Gasteiger partial charge in [-0.25, -0.2) is 4.98 Å². The van der Waals surface area contributed by atoms with Gasteiger partial charge in [0.1, 0.15) is 5.82 Å². The zero-order valence-corrected chi connectivity index (χ0v) is 12.2. The lowest BCUT2D eigenvalue weighted by Crippen LogP contribution is -2.41. The summed E-state index contributed by atoms with van der Waals surface area (Å²) >= 11 is 0. The van der Waals surface area contributed by atoms with Crippen molar-refractivity contribution in [3.63, 3.8) is 0 Å². The SMILES string of the molecule is Cc1ccc(NC(=O)C2CCCN(CCC(=O)O)C2)nc1. The van der Waals surface area contributed by atoms with E-state index in [4.69, 9.17) is 5.11 Å². The molecule has 1 amide bonds. The number of piperidine rings is 1. The third-order valence-corrected chi connectivity index (χ3v) is 3.68. The summed E-state index contributed by atoms with van der Waals surface area (Å²) in [7, 11) is 0. The monoisotopic (exact) mass is 291 g/mol. The number of aromatic nitrogens is 1. The molecule has 0 spiro atoms. The first-order chi connectivity index (χ1) is 10.0. The van der Waals surface area contributed by atoms with Crippen LogP contribution in [0.15, 0.2) is 18.3 Å². The predicted octanol–water partition coefficient (Wildman–Crippen LogP) is 1.52. The molecule has 0 aliphatic carbocycles. The number of anilines is 1. The molecule has 2 rings (SSSR count). The predicted molar refractivity (Wildman–Crippen MR) is 79.0 cm³/mol. The highest BCUT2D eigenvalue weighted by Gasteiger charge is 2.26. The number of pyridine rings is 1. The number of nitrogens with one attached hydrogen (secondary N) is 1. The van der Waals surface area contributed by atoms with Crippen molar-refractivity contribution in [2.45, 2.75) is 26.2 Å². The highest BCUT2D eigenvalue weighted by Crippen LogP contribution is 2.18. The third-order valence-electron chi connectivity index (χ3n) is 3.68. The summed E-state index contributed by atoms with van der Waals surface area (Å²) < 4.78 is 0. The van der Waals surface area contributed by atoms with Gasteiger partial charge >= 0.3 is 5.97 Å². The van der Waals surface area contributed by atoms with Gasteiger partial charge < -0.3 is 15.3 Å². The molecular weight excluding hydrogens is 270 g/mol. The van der Waals surface area contributed by atoms with Gasteiger partial charge in [0.2, 0.25) is 5.91 Å². The smallest absolute Gasteiger partial charge is 0.304 e. The van der Waals surface area contributed by atoms with E-state index in [2.05, 4.69) is 10.3 Å². The summed E-state index contributed by atoms with van der Waals surface area (Å²) in [5.74, 6) is -0.374. The maximum Gasteiger partial charge on any atom is 0.304 e. The average molecular weight is 291 g/mol. The molecule has 6 heteroatoms. The van der Waals surface area contributed by atoms with Gasteiger partial charge in [0.15, 0.2) is 0 Å². The van der Waals surface area contributed by atoms with E-state index < -0.39 is 5.97 Å². The van der Waals surface area contributed by atoms with Crippen LogP contribution in [0.25, 0.3) is 0 Å². The van der Waals surface area contributed by atoms with E-state index in [1.807, 2.05) is 17.9 Å². The highest BCUT2D eigenvalue weighted by atomic mass is 16.4. The summed E-state index contributed by atoms with van der Waals surface area (Å²) in [5, 5.41) is 11.6.